The lowest BCUT2D eigenvalue weighted by molar-refractivity contribution is 0.342. The highest BCUT2D eigenvalue weighted by Gasteiger charge is 2.48. The largest absolute Gasteiger partial charge is 0.392 e. The quantitative estimate of drug-likeness (QED) is 0.857. The second kappa shape index (κ2) is 6.63. The first-order valence-corrected chi connectivity index (χ1v) is 9.83. The molecule has 0 amide bonds. The monoisotopic (exact) mass is 310 g/mol. The standard InChI is InChI=1S/C20H26OSi/c1-17(15-16-21)22(20(2,3)4,18-11-7-5-8-12-18)19-13-9-6-10-14-19/h5-15,21H,16H2,1-4H3/b17-15+. The number of aliphatic hydroxyl groups is 1. The lowest BCUT2D eigenvalue weighted by atomic mass is 10.2. The summed E-state index contributed by atoms with van der Waals surface area (Å²) in [6.45, 7) is 9.26. The number of hydrogen-bond donors (Lipinski definition) is 1. The summed E-state index contributed by atoms with van der Waals surface area (Å²) in [4.78, 5) is 0. The first-order chi connectivity index (χ1) is 10.4. The van der Waals surface area contributed by atoms with Crippen LogP contribution in [0.3, 0.4) is 0 Å². The molecule has 0 saturated carbocycles. The van der Waals surface area contributed by atoms with E-state index in [2.05, 4.69) is 88.4 Å². The van der Waals surface area contributed by atoms with E-state index in [1.165, 1.54) is 15.6 Å². The lowest BCUT2D eigenvalue weighted by Gasteiger charge is -2.45. The van der Waals surface area contributed by atoms with Gasteiger partial charge in [-0.15, -0.1) is 0 Å². The van der Waals surface area contributed by atoms with Crippen LogP contribution in [0.15, 0.2) is 71.9 Å². The van der Waals surface area contributed by atoms with E-state index in [0.29, 0.717) is 0 Å². The Morgan fingerprint density at radius 2 is 1.32 bits per heavy atom. The number of rotatable bonds is 4. The highest BCUT2D eigenvalue weighted by atomic mass is 28.3. The third-order valence-corrected chi connectivity index (χ3v) is 10.6. The van der Waals surface area contributed by atoms with Gasteiger partial charge in [-0.3, -0.25) is 0 Å². The van der Waals surface area contributed by atoms with Gasteiger partial charge in [0.1, 0.15) is 8.07 Å². The van der Waals surface area contributed by atoms with Crippen LogP contribution in [0.2, 0.25) is 5.04 Å². The summed E-state index contributed by atoms with van der Waals surface area (Å²) in [7, 11) is -2.17. The van der Waals surface area contributed by atoms with Gasteiger partial charge in [0.15, 0.2) is 0 Å². The zero-order valence-electron chi connectivity index (χ0n) is 14.0. The highest BCUT2D eigenvalue weighted by Crippen LogP contribution is 2.40. The first kappa shape index (κ1) is 16.7. The SMILES string of the molecule is C/C(=C\CO)[Si](c1ccccc1)(c1ccccc1)C(C)(C)C. The molecule has 0 fully saturated rings. The minimum atomic E-state index is -2.17. The number of benzene rings is 2. The second-order valence-electron chi connectivity index (χ2n) is 6.80. The highest BCUT2D eigenvalue weighted by molar-refractivity contribution is 7.09. The molecule has 2 aromatic rings. The molecule has 0 radical (unpaired) electrons. The van der Waals surface area contributed by atoms with E-state index in [0.717, 1.165) is 0 Å². The predicted molar refractivity (Wildman–Crippen MR) is 98.5 cm³/mol. The fourth-order valence-corrected chi connectivity index (χ4v) is 9.69. The van der Waals surface area contributed by atoms with Crippen molar-refractivity contribution in [3.63, 3.8) is 0 Å². The van der Waals surface area contributed by atoms with Gasteiger partial charge in [-0.05, 0) is 22.3 Å². The molecule has 0 spiro atoms. The Bertz CT molecular complexity index is 584. The van der Waals surface area contributed by atoms with Crippen molar-refractivity contribution >= 4 is 18.4 Å². The van der Waals surface area contributed by atoms with Gasteiger partial charge < -0.3 is 5.11 Å². The zero-order valence-corrected chi connectivity index (χ0v) is 15.0. The summed E-state index contributed by atoms with van der Waals surface area (Å²) < 4.78 is 0. The summed E-state index contributed by atoms with van der Waals surface area (Å²) in [6, 6.07) is 21.6. The molecule has 116 valence electrons. The molecule has 0 aliphatic rings. The van der Waals surface area contributed by atoms with Crippen LogP contribution in [0.4, 0.5) is 0 Å². The fraction of sp³-hybridized carbons (Fsp3) is 0.300. The van der Waals surface area contributed by atoms with Gasteiger partial charge >= 0.3 is 0 Å². The fourth-order valence-electron chi connectivity index (χ4n) is 3.75. The van der Waals surface area contributed by atoms with E-state index >= 15 is 0 Å². The first-order valence-electron chi connectivity index (χ1n) is 7.83. The minimum Gasteiger partial charge on any atom is -0.392 e. The molecule has 2 heteroatoms. The smallest absolute Gasteiger partial charge is 0.149 e. The molecule has 0 atom stereocenters. The average molecular weight is 311 g/mol. The van der Waals surface area contributed by atoms with Crippen LogP contribution >= 0.6 is 0 Å². The summed E-state index contributed by atoms with van der Waals surface area (Å²) >= 11 is 0. The summed E-state index contributed by atoms with van der Waals surface area (Å²) in [5.74, 6) is 0. The Morgan fingerprint density at radius 1 is 0.909 bits per heavy atom. The summed E-state index contributed by atoms with van der Waals surface area (Å²) in [5, 5.41) is 13.7. The Labute approximate surface area is 135 Å². The molecule has 0 aromatic heterocycles. The van der Waals surface area contributed by atoms with Crippen molar-refractivity contribution < 1.29 is 5.11 Å². The van der Waals surface area contributed by atoms with Crippen molar-refractivity contribution in [2.75, 3.05) is 6.61 Å². The van der Waals surface area contributed by atoms with E-state index in [4.69, 9.17) is 0 Å². The van der Waals surface area contributed by atoms with Crippen LogP contribution in [0.25, 0.3) is 0 Å². The van der Waals surface area contributed by atoms with Crippen molar-refractivity contribution in [3.05, 3.63) is 71.9 Å². The van der Waals surface area contributed by atoms with E-state index in [1.54, 1.807) is 0 Å². The molecule has 2 aromatic carbocycles. The lowest BCUT2D eigenvalue weighted by Crippen LogP contribution is -2.65. The molecule has 0 aliphatic heterocycles. The molecule has 1 nitrogen and oxygen atoms in total. The summed E-state index contributed by atoms with van der Waals surface area (Å²) in [6.07, 6.45) is 2.00. The maximum absolute atomic E-state index is 9.51. The minimum absolute atomic E-state index is 0.0936. The van der Waals surface area contributed by atoms with Crippen molar-refractivity contribution in [2.24, 2.45) is 0 Å². The summed E-state index contributed by atoms with van der Waals surface area (Å²) in [5.41, 5.74) is 0. The maximum atomic E-state index is 9.51. The second-order valence-corrected chi connectivity index (χ2v) is 11.7. The number of aliphatic hydroxyl groups excluding tert-OH is 1. The Balaban J connectivity index is 2.85. The predicted octanol–water partition coefficient (Wildman–Crippen LogP) is 3.53. The number of hydrogen-bond acceptors (Lipinski definition) is 1. The van der Waals surface area contributed by atoms with Crippen molar-refractivity contribution in [1.29, 1.82) is 0 Å². The molecular formula is C20H26OSi. The molecule has 0 bridgehead atoms. The van der Waals surface area contributed by atoms with Crippen LogP contribution < -0.4 is 10.4 Å². The average Bonchev–Trinajstić information content (AvgIpc) is 2.49. The van der Waals surface area contributed by atoms with Gasteiger partial charge in [0.2, 0.25) is 0 Å². The third-order valence-electron chi connectivity index (χ3n) is 4.53. The molecular weight excluding hydrogens is 284 g/mol. The molecule has 0 aliphatic carbocycles. The van der Waals surface area contributed by atoms with E-state index in [9.17, 15) is 5.11 Å². The molecule has 0 unspecified atom stereocenters. The maximum Gasteiger partial charge on any atom is 0.149 e. The molecule has 22 heavy (non-hydrogen) atoms. The van der Waals surface area contributed by atoms with E-state index in [1.807, 2.05) is 6.08 Å². The zero-order chi connectivity index (χ0) is 16.2. The topological polar surface area (TPSA) is 20.2 Å². The molecule has 0 saturated heterocycles. The molecule has 0 heterocycles. The van der Waals surface area contributed by atoms with Gasteiger partial charge in [0.25, 0.3) is 0 Å². The Kier molecular flexibility index (Phi) is 5.04. The molecule has 2 rings (SSSR count). The molecule has 1 N–H and O–H groups in total. The van der Waals surface area contributed by atoms with Crippen LogP contribution in [0, 0.1) is 0 Å². The van der Waals surface area contributed by atoms with Crippen LogP contribution in [-0.4, -0.2) is 19.8 Å². The number of allylic oxidation sites excluding steroid dienone is 1. The van der Waals surface area contributed by atoms with Gasteiger partial charge in [0.05, 0.1) is 6.61 Å². The van der Waals surface area contributed by atoms with Gasteiger partial charge in [-0.2, -0.15) is 0 Å². The van der Waals surface area contributed by atoms with Gasteiger partial charge in [-0.25, -0.2) is 0 Å². The van der Waals surface area contributed by atoms with Crippen LogP contribution in [0.1, 0.15) is 27.7 Å². The van der Waals surface area contributed by atoms with Crippen molar-refractivity contribution in [2.45, 2.75) is 32.7 Å². The van der Waals surface area contributed by atoms with Crippen LogP contribution in [-0.2, 0) is 0 Å². The Hall–Kier alpha value is -1.64. The van der Waals surface area contributed by atoms with Gasteiger partial charge in [-0.1, -0.05) is 92.7 Å². The van der Waals surface area contributed by atoms with Gasteiger partial charge in [0, 0.05) is 0 Å². The van der Waals surface area contributed by atoms with E-state index in [-0.39, 0.29) is 11.6 Å². The normalized spacial score (nSPS) is 13.2. The Morgan fingerprint density at radius 3 is 1.64 bits per heavy atom. The van der Waals surface area contributed by atoms with Crippen molar-refractivity contribution in [1.82, 2.24) is 0 Å². The third kappa shape index (κ3) is 2.81. The van der Waals surface area contributed by atoms with E-state index < -0.39 is 8.07 Å². The van der Waals surface area contributed by atoms with Crippen LogP contribution in [0.5, 0.6) is 0 Å². The van der Waals surface area contributed by atoms with Crippen molar-refractivity contribution in [3.8, 4) is 0 Å².